The van der Waals surface area contributed by atoms with E-state index in [1.165, 1.54) is 6.07 Å². The first-order valence-electron chi connectivity index (χ1n) is 9.04. The number of aryl methyl sites for hydroxylation is 2. The van der Waals surface area contributed by atoms with Crippen LogP contribution in [0, 0.1) is 13.8 Å². The predicted molar refractivity (Wildman–Crippen MR) is 107 cm³/mol. The summed E-state index contributed by atoms with van der Waals surface area (Å²) >= 11 is 0. The highest BCUT2D eigenvalue weighted by Crippen LogP contribution is 2.38. The summed E-state index contributed by atoms with van der Waals surface area (Å²) in [4.78, 5) is 15.8. The van der Waals surface area contributed by atoms with Crippen LogP contribution in [0.1, 0.15) is 49.7 Å². The van der Waals surface area contributed by atoms with Crippen LogP contribution in [0.2, 0.25) is 0 Å². The highest BCUT2D eigenvalue weighted by molar-refractivity contribution is 5.91. The second kappa shape index (κ2) is 8.34. The molecular weight excluding hydrogens is 372 g/mol. The summed E-state index contributed by atoms with van der Waals surface area (Å²) in [5, 5.41) is 38.8. The summed E-state index contributed by atoms with van der Waals surface area (Å²) in [6.07, 6.45) is 0. The van der Waals surface area contributed by atoms with Gasteiger partial charge in [-0.2, -0.15) is 0 Å². The number of hydrogen-bond acceptors (Lipinski definition) is 5. The Kier molecular flexibility index (Phi) is 5.87. The molecule has 0 spiro atoms. The fraction of sp³-hybridized carbons (Fsp3) is 0.174. The van der Waals surface area contributed by atoms with Crippen molar-refractivity contribution >= 4 is 5.97 Å². The summed E-state index contributed by atoms with van der Waals surface area (Å²) < 4.78 is 0. The molecule has 0 fully saturated rings. The minimum absolute atomic E-state index is 0.0303. The Balaban J connectivity index is 2.27. The number of phenols is 2. The third kappa shape index (κ3) is 4.08. The van der Waals surface area contributed by atoms with Gasteiger partial charge >= 0.3 is 5.97 Å². The van der Waals surface area contributed by atoms with Crippen LogP contribution in [-0.4, -0.2) is 26.5 Å². The maximum atomic E-state index is 11.6. The molecule has 0 radical (unpaired) electrons. The molecule has 29 heavy (non-hydrogen) atoms. The van der Waals surface area contributed by atoms with Crippen molar-refractivity contribution in [2.75, 3.05) is 0 Å². The predicted octanol–water partition coefficient (Wildman–Crippen LogP) is 4.58. The van der Waals surface area contributed by atoms with Crippen molar-refractivity contribution in [1.29, 1.82) is 0 Å². The molecule has 0 aromatic heterocycles. The third-order valence-electron chi connectivity index (χ3n) is 4.97. The van der Waals surface area contributed by atoms with Crippen molar-refractivity contribution in [2.45, 2.75) is 26.4 Å². The van der Waals surface area contributed by atoms with E-state index in [0.717, 1.165) is 11.1 Å². The fourth-order valence-electron chi connectivity index (χ4n) is 3.59. The maximum absolute atomic E-state index is 11.6. The number of rotatable bonds is 6. The van der Waals surface area contributed by atoms with E-state index < -0.39 is 5.97 Å². The Labute approximate surface area is 168 Å². The molecule has 6 nitrogen and oxygen atoms in total. The zero-order valence-electron chi connectivity index (χ0n) is 16.1. The van der Waals surface area contributed by atoms with Crippen molar-refractivity contribution < 1.29 is 30.3 Å². The molecule has 0 heterocycles. The van der Waals surface area contributed by atoms with Crippen molar-refractivity contribution in [2.24, 2.45) is 0 Å². The van der Waals surface area contributed by atoms with Crippen molar-refractivity contribution in [3.8, 4) is 11.5 Å². The first-order valence-corrected chi connectivity index (χ1v) is 9.04. The van der Waals surface area contributed by atoms with Crippen LogP contribution in [0.5, 0.6) is 11.5 Å². The Morgan fingerprint density at radius 3 is 2.07 bits per heavy atom. The van der Waals surface area contributed by atoms with Crippen LogP contribution in [0.3, 0.4) is 0 Å². The van der Waals surface area contributed by atoms with E-state index in [9.17, 15) is 20.1 Å². The summed E-state index contributed by atoms with van der Waals surface area (Å²) in [5.74, 6) is -1.80. The van der Waals surface area contributed by atoms with Crippen LogP contribution in [-0.2, 0) is 11.5 Å². The van der Waals surface area contributed by atoms with Gasteiger partial charge in [-0.1, -0.05) is 42.5 Å². The topological polar surface area (TPSA) is 107 Å². The standard InChI is InChI=1S/C23H22O6/c1-13-8-16(10-18(12-29-28)21(13)24)20(15-6-4-3-5-7-15)17-9-14(2)22(25)19(11-17)23(26)27/h3-11,20,24-25,28H,12H2,1-2H3,(H,26,27). The highest BCUT2D eigenvalue weighted by Gasteiger charge is 2.23. The van der Waals surface area contributed by atoms with Gasteiger partial charge < -0.3 is 15.3 Å². The van der Waals surface area contributed by atoms with Gasteiger partial charge in [-0.05, 0) is 53.8 Å². The second-order valence-electron chi connectivity index (χ2n) is 7.00. The summed E-state index contributed by atoms with van der Waals surface area (Å²) in [6.45, 7) is 3.21. The van der Waals surface area contributed by atoms with Crippen molar-refractivity contribution in [3.63, 3.8) is 0 Å². The largest absolute Gasteiger partial charge is 0.507 e. The Hall–Kier alpha value is -3.35. The molecule has 4 N–H and O–H groups in total. The summed E-state index contributed by atoms with van der Waals surface area (Å²) in [7, 11) is 0. The van der Waals surface area contributed by atoms with Gasteiger partial charge in [0.15, 0.2) is 0 Å². The van der Waals surface area contributed by atoms with Gasteiger partial charge in [-0.25, -0.2) is 9.68 Å². The third-order valence-corrected chi connectivity index (χ3v) is 4.97. The molecule has 1 unspecified atom stereocenters. The minimum atomic E-state index is -1.21. The van der Waals surface area contributed by atoms with Gasteiger partial charge in [0.2, 0.25) is 0 Å². The zero-order chi connectivity index (χ0) is 21.1. The van der Waals surface area contributed by atoms with Crippen LogP contribution in [0.4, 0.5) is 0 Å². The minimum Gasteiger partial charge on any atom is -0.507 e. The highest BCUT2D eigenvalue weighted by atomic mass is 17.1. The SMILES string of the molecule is Cc1cc(C(c2ccccc2)c2cc(C)c(O)c(C(=O)O)c2)cc(COO)c1O. The lowest BCUT2D eigenvalue weighted by molar-refractivity contribution is -0.253. The average molecular weight is 394 g/mol. The molecule has 0 saturated carbocycles. The van der Waals surface area contributed by atoms with Gasteiger partial charge in [0.05, 0.1) is 0 Å². The monoisotopic (exact) mass is 394 g/mol. The fourth-order valence-corrected chi connectivity index (χ4v) is 3.59. The number of carbonyl (C=O) groups is 1. The summed E-state index contributed by atoms with van der Waals surface area (Å²) in [5.41, 5.74) is 3.69. The number of carboxylic acid groups (broad SMARTS) is 1. The zero-order valence-corrected chi connectivity index (χ0v) is 16.1. The van der Waals surface area contributed by atoms with E-state index in [0.29, 0.717) is 22.3 Å². The van der Waals surface area contributed by atoms with Gasteiger partial charge in [0.25, 0.3) is 0 Å². The molecule has 3 rings (SSSR count). The molecule has 150 valence electrons. The number of phenolic OH excluding ortho intramolecular Hbond substituents is 1. The number of carboxylic acids is 1. The molecular formula is C23H22O6. The van der Waals surface area contributed by atoms with Gasteiger partial charge in [-0.3, -0.25) is 5.26 Å². The quantitative estimate of drug-likeness (QED) is 0.277. The van der Waals surface area contributed by atoms with E-state index in [2.05, 4.69) is 4.89 Å². The Morgan fingerprint density at radius 1 is 0.897 bits per heavy atom. The number of aromatic hydroxyl groups is 2. The molecule has 0 aliphatic carbocycles. The molecule has 1 atom stereocenters. The number of aromatic carboxylic acids is 1. The molecule has 0 amide bonds. The first kappa shape index (κ1) is 20.4. The molecule has 3 aromatic rings. The molecule has 0 bridgehead atoms. The van der Waals surface area contributed by atoms with E-state index >= 15 is 0 Å². The van der Waals surface area contributed by atoms with Gasteiger partial charge in [0.1, 0.15) is 23.7 Å². The smallest absolute Gasteiger partial charge is 0.339 e. The van der Waals surface area contributed by atoms with Crippen LogP contribution in [0.25, 0.3) is 0 Å². The normalized spacial score (nSPS) is 12.0. The first-order chi connectivity index (χ1) is 13.8. The Bertz CT molecular complexity index is 1040. The van der Waals surface area contributed by atoms with Gasteiger partial charge in [-0.15, -0.1) is 0 Å². The number of benzene rings is 3. The average Bonchev–Trinajstić information content (AvgIpc) is 2.69. The Morgan fingerprint density at radius 2 is 1.48 bits per heavy atom. The van der Waals surface area contributed by atoms with Crippen LogP contribution < -0.4 is 0 Å². The lowest BCUT2D eigenvalue weighted by Gasteiger charge is -2.22. The maximum Gasteiger partial charge on any atom is 0.339 e. The summed E-state index contributed by atoms with van der Waals surface area (Å²) in [6, 6.07) is 16.3. The van der Waals surface area contributed by atoms with Crippen LogP contribution >= 0.6 is 0 Å². The lowest BCUT2D eigenvalue weighted by atomic mass is 9.82. The van der Waals surface area contributed by atoms with Crippen molar-refractivity contribution in [3.05, 3.63) is 93.5 Å². The molecule has 0 saturated heterocycles. The van der Waals surface area contributed by atoms with E-state index in [1.54, 1.807) is 26.0 Å². The van der Waals surface area contributed by atoms with Crippen molar-refractivity contribution in [1.82, 2.24) is 0 Å². The van der Waals surface area contributed by atoms with E-state index in [1.807, 2.05) is 36.4 Å². The molecule has 0 aliphatic heterocycles. The molecule has 0 aliphatic rings. The number of hydrogen-bond donors (Lipinski definition) is 4. The lowest BCUT2D eigenvalue weighted by Crippen LogP contribution is -2.08. The van der Waals surface area contributed by atoms with E-state index in [4.69, 9.17) is 5.26 Å². The second-order valence-corrected chi connectivity index (χ2v) is 7.00. The van der Waals surface area contributed by atoms with Crippen LogP contribution in [0.15, 0.2) is 54.6 Å². The molecule has 3 aromatic carbocycles. The van der Waals surface area contributed by atoms with Gasteiger partial charge in [0, 0.05) is 11.5 Å². The molecule has 6 heteroatoms. The van der Waals surface area contributed by atoms with E-state index in [-0.39, 0.29) is 29.6 Å².